The van der Waals surface area contributed by atoms with Gasteiger partial charge in [0.1, 0.15) is 13.5 Å². The van der Waals surface area contributed by atoms with Gasteiger partial charge in [0.05, 0.1) is 22.4 Å². The Bertz CT molecular complexity index is 929. The van der Waals surface area contributed by atoms with Gasteiger partial charge in [0.25, 0.3) is 5.56 Å². The first-order valence-electron chi connectivity index (χ1n) is 10.3. The third kappa shape index (κ3) is 7.26. The van der Waals surface area contributed by atoms with E-state index >= 15 is 0 Å². The summed E-state index contributed by atoms with van der Waals surface area (Å²) < 4.78 is 14.6. The minimum atomic E-state index is -1.20. The predicted octanol–water partition coefficient (Wildman–Crippen LogP) is 4.40. The van der Waals surface area contributed by atoms with Crippen molar-refractivity contribution in [3.8, 4) is 0 Å². The lowest BCUT2D eigenvalue weighted by Crippen LogP contribution is -2.27. The number of carbonyl (C=O) groups excluding carboxylic acids is 1. The summed E-state index contributed by atoms with van der Waals surface area (Å²) in [6.45, 7) is 15.4. The molecule has 2 heterocycles. The van der Waals surface area contributed by atoms with Crippen LogP contribution in [0.1, 0.15) is 10.4 Å². The van der Waals surface area contributed by atoms with Gasteiger partial charge in [0.2, 0.25) is 0 Å². The first-order chi connectivity index (χ1) is 13.9. The molecule has 10 heteroatoms. The molecule has 0 N–H and O–H groups in total. The fourth-order valence-electron chi connectivity index (χ4n) is 2.79. The van der Waals surface area contributed by atoms with Crippen molar-refractivity contribution in [1.29, 1.82) is 0 Å². The number of ether oxygens (including phenoxy) is 2. The van der Waals surface area contributed by atoms with Crippen LogP contribution >= 0.6 is 15.9 Å². The highest BCUT2D eigenvalue weighted by molar-refractivity contribution is 9.09. The van der Waals surface area contributed by atoms with Crippen LogP contribution in [0.15, 0.2) is 17.2 Å². The molecule has 0 aliphatic rings. The highest BCUT2D eigenvalue weighted by Gasteiger charge is 2.20. The molecular weight excluding hydrogens is 482 g/mol. The van der Waals surface area contributed by atoms with E-state index in [0.717, 1.165) is 12.1 Å². The highest BCUT2D eigenvalue weighted by Crippen LogP contribution is 2.19. The molecule has 0 saturated heterocycles. The van der Waals surface area contributed by atoms with Crippen molar-refractivity contribution in [2.75, 3.05) is 18.5 Å². The minimum Gasteiger partial charge on any atom is -0.361 e. The van der Waals surface area contributed by atoms with E-state index in [-0.39, 0.29) is 30.1 Å². The molecule has 7 nitrogen and oxygen atoms in total. The Hall–Kier alpha value is -1.08. The smallest absolute Gasteiger partial charge is 0.279 e. The first-order valence-corrected chi connectivity index (χ1v) is 18.8. The standard InChI is InChI=1S/C20H34BrN3O4Si2/c1-29(2,3)9-7-27-14-23-13-16(18(25)11-21)19-17(23)12-22-24(20(19)26)15-28-8-10-30(4,5)6/h12-13H,7-11,14-15H2,1-6H3. The van der Waals surface area contributed by atoms with E-state index in [1.54, 1.807) is 17.0 Å². The second-order valence-corrected chi connectivity index (χ2v) is 21.8. The molecule has 2 aromatic rings. The van der Waals surface area contributed by atoms with Crippen molar-refractivity contribution in [2.24, 2.45) is 0 Å². The van der Waals surface area contributed by atoms with Gasteiger partial charge in [0, 0.05) is 41.1 Å². The fraction of sp³-hybridized carbons (Fsp3) is 0.650. The van der Waals surface area contributed by atoms with Crippen LogP contribution in [-0.2, 0) is 22.9 Å². The maximum atomic E-state index is 13.0. The topological polar surface area (TPSA) is 75.3 Å². The zero-order valence-corrected chi connectivity index (χ0v) is 22.5. The molecule has 0 aliphatic heterocycles. The zero-order valence-electron chi connectivity index (χ0n) is 19.0. The van der Waals surface area contributed by atoms with Crippen LogP contribution in [0.2, 0.25) is 51.4 Å². The van der Waals surface area contributed by atoms with E-state index in [1.165, 1.54) is 4.68 Å². The number of halogens is 1. The molecule has 0 bridgehead atoms. The number of fused-ring (bicyclic) bond motifs is 1. The van der Waals surface area contributed by atoms with Gasteiger partial charge in [-0.2, -0.15) is 5.10 Å². The maximum Gasteiger partial charge on any atom is 0.279 e. The van der Waals surface area contributed by atoms with Crippen LogP contribution in [0, 0.1) is 0 Å². The number of rotatable bonds is 12. The van der Waals surface area contributed by atoms with Crippen LogP contribution < -0.4 is 5.56 Å². The fourth-order valence-corrected chi connectivity index (χ4v) is 4.61. The van der Waals surface area contributed by atoms with Crippen LogP contribution in [0.4, 0.5) is 0 Å². The molecule has 2 aromatic heterocycles. The maximum absolute atomic E-state index is 13.0. The van der Waals surface area contributed by atoms with Gasteiger partial charge in [-0.3, -0.25) is 9.59 Å². The summed E-state index contributed by atoms with van der Waals surface area (Å²) >= 11 is 3.21. The Balaban J connectivity index is 2.24. The Kier molecular flexibility index (Phi) is 8.81. The largest absolute Gasteiger partial charge is 0.361 e. The Morgan fingerprint density at radius 3 is 2.13 bits per heavy atom. The SMILES string of the molecule is C[Si](C)(C)CCOCn1ncc2c(c(C(=O)CBr)cn2COCC[Si](C)(C)C)c1=O. The van der Waals surface area contributed by atoms with Crippen molar-refractivity contribution in [1.82, 2.24) is 14.3 Å². The number of nitrogens with zero attached hydrogens (tertiary/aromatic N) is 3. The second-order valence-electron chi connectivity index (χ2n) is 9.97. The van der Waals surface area contributed by atoms with Crippen LogP contribution in [-0.4, -0.2) is 54.8 Å². The molecule has 0 fully saturated rings. The van der Waals surface area contributed by atoms with Crippen molar-refractivity contribution < 1.29 is 14.3 Å². The normalized spacial score (nSPS) is 12.6. The highest BCUT2D eigenvalue weighted by atomic mass is 79.9. The Morgan fingerprint density at radius 2 is 1.60 bits per heavy atom. The van der Waals surface area contributed by atoms with Crippen LogP contribution in [0.25, 0.3) is 10.9 Å². The van der Waals surface area contributed by atoms with Crippen molar-refractivity contribution in [3.05, 3.63) is 28.3 Å². The first kappa shape index (κ1) is 25.2. The van der Waals surface area contributed by atoms with Crippen LogP contribution in [0.5, 0.6) is 0 Å². The van der Waals surface area contributed by atoms with Gasteiger partial charge in [-0.15, -0.1) is 0 Å². The van der Waals surface area contributed by atoms with Crippen molar-refractivity contribution in [3.63, 3.8) is 0 Å². The number of carbonyl (C=O) groups is 1. The predicted molar refractivity (Wildman–Crippen MR) is 130 cm³/mol. The molecule has 0 unspecified atom stereocenters. The lowest BCUT2D eigenvalue weighted by atomic mass is 10.2. The van der Waals surface area contributed by atoms with Gasteiger partial charge in [-0.1, -0.05) is 55.2 Å². The molecule has 0 atom stereocenters. The minimum absolute atomic E-state index is 0.0824. The molecular formula is C20H34BrN3O4Si2. The number of hydrogen-bond donors (Lipinski definition) is 0. The molecule has 0 aliphatic carbocycles. The third-order valence-electron chi connectivity index (χ3n) is 4.75. The van der Waals surface area contributed by atoms with Crippen molar-refractivity contribution >= 4 is 48.8 Å². The van der Waals surface area contributed by atoms with E-state index in [0.29, 0.717) is 29.7 Å². The number of hydrogen-bond acceptors (Lipinski definition) is 5. The lowest BCUT2D eigenvalue weighted by Gasteiger charge is -2.16. The number of aromatic nitrogens is 3. The van der Waals surface area contributed by atoms with Crippen molar-refractivity contribution in [2.45, 2.75) is 64.8 Å². The van der Waals surface area contributed by atoms with E-state index in [2.05, 4.69) is 60.3 Å². The summed E-state index contributed by atoms with van der Waals surface area (Å²) in [5.41, 5.74) is 0.681. The molecule has 0 amide bonds. The summed E-state index contributed by atoms with van der Waals surface area (Å²) in [5.74, 6) is -0.143. The molecule has 0 aromatic carbocycles. The molecule has 2 rings (SSSR count). The quantitative estimate of drug-likeness (QED) is 0.181. The van der Waals surface area contributed by atoms with Crippen LogP contribution in [0.3, 0.4) is 0 Å². The summed E-state index contributed by atoms with van der Waals surface area (Å²) in [6.07, 6.45) is 3.31. The summed E-state index contributed by atoms with van der Waals surface area (Å²) in [5, 5.41) is 4.79. The van der Waals surface area contributed by atoms with Gasteiger partial charge in [-0.25, -0.2) is 4.68 Å². The average Bonchev–Trinajstić information content (AvgIpc) is 3.01. The monoisotopic (exact) mass is 515 g/mol. The number of Topliss-reactive ketones (excluding diaryl/α,β-unsaturated/α-hetero) is 1. The van der Waals surface area contributed by atoms with E-state index in [4.69, 9.17) is 9.47 Å². The van der Waals surface area contributed by atoms with Gasteiger partial charge in [-0.05, 0) is 12.1 Å². The molecule has 0 spiro atoms. The molecule has 168 valence electrons. The van der Waals surface area contributed by atoms with Gasteiger partial charge in [0.15, 0.2) is 5.78 Å². The summed E-state index contributed by atoms with van der Waals surface area (Å²) in [7, 11) is -2.39. The number of ketones is 1. The third-order valence-corrected chi connectivity index (χ3v) is 8.66. The van der Waals surface area contributed by atoms with Gasteiger partial charge < -0.3 is 14.0 Å². The number of alkyl halides is 1. The zero-order chi connectivity index (χ0) is 22.5. The second kappa shape index (κ2) is 10.5. The summed E-state index contributed by atoms with van der Waals surface area (Å²) in [6, 6.07) is 2.07. The molecule has 0 radical (unpaired) electrons. The Labute approximate surface area is 188 Å². The molecule has 30 heavy (non-hydrogen) atoms. The van der Waals surface area contributed by atoms with Gasteiger partial charge >= 0.3 is 0 Å². The Morgan fingerprint density at radius 1 is 1.03 bits per heavy atom. The van der Waals surface area contributed by atoms with E-state index in [9.17, 15) is 9.59 Å². The average molecular weight is 517 g/mol. The summed E-state index contributed by atoms with van der Waals surface area (Å²) in [4.78, 5) is 25.5. The van der Waals surface area contributed by atoms with E-state index < -0.39 is 16.1 Å². The van der Waals surface area contributed by atoms with E-state index in [1.807, 2.05) is 0 Å². The molecule has 0 saturated carbocycles. The lowest BCUT2D eigenvalue weighted by molar-refractivity contribution is 0.0752.